The molecule has 4 N–H and O–H groups in total. The molecule has 0 aliphatic rings. The van der Waals surface area contributed by atoms with Crippen molar-refractivity contribution in [1.29, 1.82) is 0 Å². The number of carboxylic acid groups (broad SMARTS) is 1. The highest BCUT2D eigenvalue weighted by molar-refractivity contribution is 7.47. The molecule has 0 aromatic rings. The topological polar surface area (TPSA) is 155 Å². The molecule has 3 unspecified atom stereocenters. The van der Waals surface area contributed by atoms with Crippen molar-refractivity contribution in [1.82, 2.24) is 0 Å². The Kier molecular flexibility index (Phi) is 42.4. The van der Waals surface area contributed by atoms with E-state index < -0.39 is 45.1 Å². The molecule has 342 valence electrons. The lowest BCUT2D eigenvalue weighted by molar-refractivity contribution is -0.154. The molecule has 0 radical (unpaired) electrons. The van der Waals surface area contributed by atoms with Crippen molar-refractivity contribution in [2.24, 2.45) is 5.73 Å². The maximum absolute atomic E-state index is 12.6. The number of hydrogen-bond donors (Lipinski definition) is 3. The quantitative estimate of drug-likeness (QED) is 0.0233. The number of rotatable bonds is 46. The second kappa shape index (κ2) is 43.5. The van der Waals surface area contributed by atoms with E-state index in [1.165, 1.54) is 135 Å². The molecule has 0 aromatic heterocycles. The first kappa shape index (κ1) is 56.5. The molecule has 10 nitrogen and oxygen atoms in total. The first-order valence-electron chi connectivity index (χ1n) is 23.9. The number of phosphoric acid groups is 1. The molecule has 0 rings (SSSR count). The molecular weight excluding hydrogens is 753 g/mol. The molecule has 0 bridgehead atoms. The minimum atomic E-state index is -4.62. The lowest BCUT2D eigenvalue weighted by atomic mass is 10.0. The minimum Gasteiger partial charge on any atom is -0.480 e. The van der Waals surface area contributed by atoms with Gasteiger partial charge in [-0.3, -0.25) is 18.6 Å². The number of allylic oxidation sites excluding steroid dienone is 4. The molecular formula is C47H90NO9P. The molecule has 0 heterocycles. The summed E-state index contributed by atoms with van der Waals surface area (Å²) in [5.41, 5.74) is 5.36. The third-order valence-electron chi connectivity index (χ3n) is 10.5. The largest absolute Gasteiger partial charge is 0.480 e. The van der Waals surface area contributed by atoms with E-state index in [4.69, 9.17) is 29.4 Å². The van der Waals surface area contributed by atoms with Gasteiger partial charge in [-0.2, -0.15) is 0 Å². The summed E-state index contributed by atoms with van der Waals surface area (Å²) in [5, 5.41) is 8.91. The second-order valence-electron chi connectivity index (χ2n) is 16.2. The molecule has 11 heteroatoms. The number of nitrogens with two attached hydrogens (primary N) is 1. The van der Waals surface area contributed by atoms with Crippen LogP contribution >= 0.6 is 7.82 Å². The fourth-order valence-electron chi connectivity index (χ4n) is 6.74. The predicted molar refractivity (Wildman–Crippen MR) is 240 cm³/mol. The van der Waals surface area contributed by atoms with E-state index >= 15 is 0 Å². The van der Waals surface area contributed by atoms with E-state index in [0.717, 1.165) is 64.2 Å². The van der Waals surface area contributed by atoms with Crippen LogP contribution in [0.4, 0.5) is 0 Å². The van der Waals surface area contributed by atoms with Crippen molar-refractivity contribution in [3.63, 3.8) is 0 Å². The monoisotopic (exact) mass is 844 g/mol. The van der Waals surface area contributed by atoms with Crippen LogP contribution in [-0.2, 0) is 32.7 Å². The molecule has 0 saturated heterocycles. The van der Waals surface area contributed by atoms with Gasteiger partial charge in [0.1, 0.15) is 12.1 Å². The Morgan fingerprint density at radius 1 is 0.552 bits per heavy atom. The van der Waals surface area contributed by atoms with Crippen LogP contribution in [-0.4, -0.2) is 60.5 Å². The summed E-state index contributed by atoms with van der Waals surface area (Å²) >= 11 is 0. The van der Waals surface area contributed by atoms with Crippen LogP contribution in [0.2, 0.25) is 0 Å². The lowest BCUT2D eigenvalue weighted by Crippen LogP contribution is -2.34. The Balaban J connectivity index is 4.11. The number of carbonyl (C=O) groups excluding carboxylic acids is 1. The van der Waals surface area contributed by atoms with Crippen molar-refractivity contribution in [3.8, 4) is 0 Å². The fourth-order valence-corrected chi connectivity index (χ4v) is 7.52. The highest BCUT2D eigenvalue weighted by Gasteiger charge is 2.27. The summed E-state index contributed by atoms with van der Waals surface area (Å²) < 4.78 is 33.4. The second-order valence-corrected chi connectivity index (χ2v) is 17.7. The van der Waals surface area contributed by atoms with Gasteiger partial charge in [0.05, 0.1) is 19.8 Å². The van der Waals surface area contributed by atoms with E-state index in [2.05, 4.69) is 38.2 Å². The van der Waals surface area contributed by atoms with E-state index in [0.29, 0.717) is 13.0 Å². The van der Waals surface area contributed by atoms with Gasteiger partial charge in [-0.05, 0) is 38.5 Å². The molecule has 0 spiro atoms. The van der Waals surface area contributed by atoms with E-state index in [1.807, 2.05) is 0 Å². The zero-order valence-corrected chi connectivity index (χ0v) is 38.3. The number of ether oxygens (including phenoxy) is 2. The van der Waals surface area contributed by atoms with Gasteiger partial charge in [0.2, 0.25) is 0 Å². The van der Waals surface area contributed by atoms with Gasteiger partial charge in [0, 0.05) is 13.0 Å². The van der Waals surface area contributed by atoms with Crippen LogP contribution in [0.25, 0.3) is 0 Å². The molecule has 0 aliphatic heterocycles. The van der Waals surface area contributed by atoms with Gasteiger partial charge in [-0.1, -0.05) is 205 Å². The summed E-state index contributed by atoms with van der Waals surface area (Å²) in [6.45, 7) is 3.86. The number of aliphatic carboxylic acids is 1. The summed E-state index contributed by atoms with van der Waals surface area (Å²) in [5.74, 6) is -1.79. The number of carbonyl (C=O) groups is 2. The Hall–Kier alpha value is -1.55. The zero-order chi connectivity index (χ0) is 42.6. The number of carboxylic acids is 1. The third-order valence-corrected chi connectivity index (χ3v) is 11.4. The third kappa shape index (κ3) is 42.6. The van der Waals surface area contributed by atoms with Crippen molar-refractivity contribution in [2.75, 3.05) is 26.4 Å². The molecule has 58 heavy (non-hydrogen) atoms. The SMILES string of the molecule is CCCC/C=C\C/C=C\CCCCCCCC(=O)OC(COCCCCCCCCCCCCCCCCCCCCCCCC)COP(=O)(O)OCC(N)C(=O)O. The van der Waals surface area contributed by atoms with Gasteiger partial charge in [-0.15, -0.1) is 0 Å². The first-order chi connectivity index (χ1) is 28.2. The number of unbranched alkanes of at least 4 members (excludes halogenated alkanes) is 28. The minimum absolute atomic E-state index is 0.0156. The molecule has 0 saturated carbocycles. The molecule has 3 atom stereocenters. The Morgan fingerprint density at radius 3 is 1.45 bits per heavy atom. The Morgan fingerprint density at radius 2 is 0.966 bits per heavy atom. The fraction of sp³-hybridized carbons (Fsp3) is 0.872. The van der Waals surface area contributed by atoms with E-state index in [-0.39, 0.29) is 13.0 Å². The maximum atomic E-state index is 12.6. The summed E-state index contributed by atoms with van der Waals surface area (Å²) in [6.07, 6.45) is 48.1. The Bertz CT molecular complexity index is 1020. The van der Waals surface area contributed by atoms with Gasteiger partial charge < -0.3 is 25.2 Å². The molecule has 0 amide bonds. The number of phosphoric ester groups is 1. The van der Waals surface area contributed by atoms with Crippen molar-refractivity contribution in [2.45, 2.75) is 238 Å². The average molecular weight is 844 g/mol. The molecule has 0 aliphatic carbocycles. The number of hydrogen-bond acceptors (Lipinski definition) is 8. The van der Waals surface area contributed by atoms with Crippen molar-refractivity contribution >= 4 is 19.8 Å². The summed E-state index contributed by atoms with van der Waals surface area (Å²) in [4.78, 5) is 33.6. The van der Waals surface area contributed by atoms with E-state index in [1.54, 1.807) is 0 Å². The van der Waals surface area contributed by atoms with Crippen LogP contribution in [0.5, 0.6) is 0 Å². The van der Waals surface area contributed by atoms with Gasteiger partial charge in [0.25, 0.3) is 0 Å². The average Bonchev–Trinajstić information content (AvgIpc) is 3.20. The van der Waals surface area contributed by atoms with Crippen LogP contribution in [0.15, 0.2) is 24.3 Å². The van der Waals surface area contributed by atoms with Crippen LogP contribution in [0.3, 0.4) is 0 Å². The summed E-state index contributed by atoms with van der Waals surface area (Å²) in [6, 6.07) is -1.47. The van der Waals surface area contributed by atoms with Crippen molar-refractivity contribution < 1.29 is 42.7 Å². The highest BCUT2D eigenvalue weighted by atomic mass is 31.2. The highest BCUT2D eigenvalue weighted by Crippen LogP contribution is 2.43. The van der Waals surface area contributed by atoms with Gasteiger partial charge in [-0.25, -0.2) is 4.57 Å². The molecule has 0 fully saturated rings. The van der Waals surface area contributed by atoms with Crippen molar-refractivity contribution in [3.05, 3.63) is 24.3 Å². The Labute approximate surface area is 355 Å². The predicted octanol–water partition coefficient (Wildman–Crippen LogP) is 13.5. The normalized spacial score (nSPS) is 14.0. The van der Waals surface area contributed by atoms with Gasteiger partial charge in [0.15, 0.2) is 0 Å². The van der Waals surface area contributed by atoms with E-state index in [9.17, 15) is 19.0 Å². The standard InChI is InChI=1S/C47H90NO9P/c1-3-5-7-9-11-13-15-17-19-20-21-22-23-24-25-26-28-30-32-34-36-38-40-54-41-44(42-55-58(52,53)56-43-45(48)47(50)51)57-46(49)39-37-35-33-31-29-27-18-16-14-12-10-8-6-4-2/h10,12,16,18,44-45H,3-9,11,13-15,17,19-43,48H2,1-2H3,(H,50,51)(H,52,53)/b12-10-,18-16-. The van der Waals surface area contributed by atoms with Crippen LogP contribution in [0.1, 0.15) is 226 Å². The molecule has 0 aromatic carbocycles. The lowest BCUT2D eigenvalue weighted by Gasteiger charge is -2.20. The van der Waals surface area contributed by atoms with Gasteiger partial charge >= 0.3 is 19.8 Å². The van der Waals surface area contributed by atoms with Crippen LogP contribution < -0.4 is 5.73 Å². The zero-order valence-electron chi connectivity index (χ0n) is 37.4. The van der Waals surface area contributed by atoms with Crippen LogP contribution in [0, 0.1) is 0 Å². The smallest absolute Gasteiger partial charge is 0.472 e. The maximum Gasteiger partial charge on any atom is 0.472 e. The summed E-state index contributed by atoms with van der Waals surface area (Å²) in [7, 11) is -4.62. The number of esters is 1. The first-order valence-corrected chi connectivity index (χ1v) is 25.4.